The van der Waals surface area contributed by atoms with E-state index in [1.165, 1.54) is 0 Å². The molecule has 35 valence electrons. The molecule has 1 aromatic rings. The first kappa shape index (κ1) is 7.38. The second-order valence-electron chi connectivity index (χ2n) is 1.28. The van der Waals surface area contributed by atoms with Gasteiger partial charge in [-0.3, -0.25) is 0 Å². The number of aromatic nitrogens is 1. The van der Waals surface area contributed by atoms with Crippen LogP contribution in [0.15, 0.2) is 12.4 Å². The number of hydrogen-bond donors (Lipinski definition) is 1. The van der Waals surface area contributed by atoms with Crippen molar-refractivity contribution in [3.63, 3.8) is 0 Å². The molecule has 1 N–H and O–H groups in total. The van der Waals surface area contributed by atoms with E-state index in [2.05, 4.69) is 11.1 Å². The summed E-state index contributed by atoms with van der Waals surface area (Å²) in [6.45, 7) is 2.00. The van der Waals surface area contributed by atoms with Crippen molar-refractivity contribution in [1.29, 1.82) is 0 Å². The Morgan fingerprint density at radius 2 is 2.43 bits per heavy atom. The van der Waals surface area contributed by atoms with E-state index in [-0.39, 0.29) is 32.7 Å². The van der Waals surface area contributed by atoms with E-state index in [4.69, 9.17) is 0 Å². The topological polar surface area (TPSA) is 15.8 Å². The quantitative estimate of drug-likeness (QED) is 0.560. The van der Waals surface area contributed by atoms with Crippen molar-refractivity contribution in [1.82, 2.24) is 4.98 Å². The van der Waals surface area contributed by atoms with Gasteiger partial charge in [0, 0.05) is 32.7 Å². The van der Waals surface area contributed by atoms with Gasteiger partial charge in [-0.2, -0.15) is 0 Å². The first-order chi connectivity index (χ1) is 2.89. The monoisotopic (exact) mass is 169 g/mol. The molecule has 0 saturated heterocycles. The molecule has 0 aliphatic carbocycles. The van der Waals surface area contributed by atoms with Gasteiger partial charge in [-0.15, -0.1) is 12.4 Å². The molecule has 1 rings (SSSR count). The zero-order chi connectivity index (χ0) is 4.41. The largest absolute Gasteiger partial charge is 0.461 e. The Bertz CT molecular complexity index is 112. The average Bonchev–Trinajstić information content (AvgIpc) is 1.86. The second kappa shape index (κ2) is 3.39. The summed E-state index contributed by atoms with van der Waals surface area (Å²) in [4.78, 5) is 2.87. The minimum Gasteiger partial charge on any atom is -0.461 e. The van der Waals surface area contributed by atoms with Gasteiger partial charge < -0.3 is 4.98 Å². The van der Waals surface area contributed by atoms with Crippen molar-refractivity contribution in [2.45, 2.75) is 6.92 Å². The normalized spacial score (nSPS) is 7.57. The summed E-state index contributed by atoms with van der Waals surface area (Å²) < 4.78 is 0. The second-order valence-corrected chi connectivity index (χ2v) is 1.28. The van der Waals surface area contributed by atoms with Crippen molar-refractivity contribution in [3.05, 3.63) is 24.0 Å². The molecule has 0 amide bonds. The molecular weight excluding hydrogens is 163 g/mol. The number of nitrogens with one attached hydrogen (secondary N) is 1. The fraction of sp³-hybridized carbons (Fsp3) is 0.200. The molecule has 0 aliphatic heterocycles. The standard InChI is InChI=1S/C5H6N.Y/c1-5-2-3-6-4-5;/h3-4,6H,1H3;/q-1;. The Morgan fingerprint density at radius 3 is 2.57 bits per heavy atom. The van der Waals surface area contributed by atoms with Crippen LogP contribution in [0.25, 0.3) is 0 Å². The molecule has 0 aliphatic rings. The summed E-state index contributed by atoms with van der Waals surface area (Å²) in [5, 5.41) is 0. The van der Waals surface area contributed by atoms with Gasteiger partial charge in [0.05, 0.1) is 0 Å². The molecule has 1 heterocycles. The van der Waals surface area contributed by atoms with Crippen LogP contribution in [0.2, 0.25) is 0 Å². The van der Waals surface area contributed by atoms with Crippen LogP contribution in [0.3, 0.4) is 0 Å². The van der Waals surface area contributed by atoms with Crippen LogP contribution in [0.1, 0.15) is 5.56 Å². The molecular formula is C5H6NY-. The first-order valence-electron chi connectivity index (χ1n) is 1.90. The van der Waals surface area contributed by atoms with Crippen molar-refractivity contribution in [2.24, 2.45) is 0 Å². The minimum atomic E-state index is 0. The van der Waals surface area contributed by atoms with E-state index >= 15 is 0 Å². The zero-order valence-corrected chi connectivity index (χ0v) is 7.07. The van der Waals surface area contributed by atoms with E-state index in [1.54, 1.807) is 6.20 Å². The molecule has 1 radical (unpaired) electrons. The maximum Gasteiger partial charge on any atom is 0 e. The predicted octanol–water partition coefficient (Wildman–Crippen LogP) is 1.12. The summed E-state index contributed by atoms with van der Waals surface area (Å²) >= 11 is 0. The Hall–Kier alpha value is 0.384. The van der Waals surface area contributed by atoms with Crippen LogP contribution >= 0.6 is 0 Å². The molecule has 0 fully saturated rings. The van der Waals surface area contributed by atoms with Crippen LogP contribution in [-0.4, -0.2) is 4.98 Å². The fourth-order valence-electron chi connectivity index (χ4n) is 0.364. The van der Waals surface area contributed by atoms with Crippen molar-refractivity contribution in [3.8, 4) is 0 Å². The number of aryl methyl sites for hydroxylation is 1. The molecule has 0 aromatic carbocycles. The van der Waals surface area contributed by atoms with Crippen LogP contribution in [0.4, 0.5) is 0 Å². The molecule has 0 bridgehead atoms. The predicted molar refractivity (Wildman–Crippen MR) is 24.4 cm³/mol. The molecule has 0 atom stereocenters. The minimum absolute atomic E-state index is 0. The van der Waals surface area contributed by atoms with E-state index in [0.29, 0.717) is 0 Å². The summed E-state index contributed by atoms with van der Waals surface area (Å²) in [6, 6.07) is 2.94. The third-order valence-corrected chi connectivity index (χ3v) is 0.683. The van der Waals surface area contributed by atoms with Gasteiger partial charge in [-0.25, -0.2) is 11.6 Å². The fourth-order valence-corrected chi connectivity index (χ4v) is 0.364. The summed E-state index contributed by atoms with van der Waals surface area (Å²) in [6.07, 6.45) is 3.69. The maximum absolute atomic E-state index is 2.94. The molecule has 0 saturated carbocycles. The zero-order valence-electron chi connectivity index (χ0n) is 4.23. The SMILES string of the molecule is Cc1[c-]c[nH]c1.[Y]. The Morgan fingerprint density at radius 1 is 1.71 bits per heavy atom. The third-order valence-electron chi connectivity index (χ3n) is 0.683. The van der Waals surface area contributed by atoms with E-state index in [0.717, 1.165) is 5.56 Å². The summed E-state index contributed by atoms with van der Waals surface area (Å²) in [5.41, 5.74) is 1.16. The van der Waals surface area contributed by atoms with Crippen molar-refractivity contribution >= 4 is 0 Å². The summed E-state index contributed by atoms with van der Waals surface area (Å²) in [7, 11) is 0. The van der Waals surface area contributed by atoms with Crippen LogP contribution in [0.5, 0.6) is 0 Å². The number of aromatic amines is 1. The van der Waals surface area contributed by atoms with Gasteiger partial charge >= 0.3 is 0 Å². The molecule has 2 heteroatoms. The van der Waals surface area contributed by atoms with Crippen molar-refractivity contribution in [2.75, 3.05) is 0 Å². The molecule has 1 aromatic heterocycles. The first-order valence-corrected chi connectivity index (χ1v) is 1.90. The molecule has 7 heavy (non-hydrogen) atoms. The number of rotatable bonds is 0. The van der Waals surface area contributed by atoms with Gasteiger partial charge in [0.2, 0.25) is 0 Å². The van der Waals surface area contributed by atoms with Crippen molar-refractivity contribution < 1.29 is 32.7 Å². The molecule has 0 unspecified atom stereocenters. The van der Waals surface area contributed by atoms with Gasteiger partial charge in [-0.1, -0.05) is 6.92 Å². The third kappa shape index (κ3) is 2.25. The van der Waals surface area contributed by atoms with E-state index in [9.17, 15) is 0 Å². The van der Waals surface area contributed by atoms with Crippen LogP contribution in [-0.2, 0) is 32.7 Å². The van der Waals surface area contributed by atoms with Gasteiger partial charge in [-0.05, 0) is 0 Å². The Kier molecular flexibility index (Phi) is 3.58. The van der Waals surface area contributed by atoms with E-state index in [1.807, 2.05) is 13.1 Å². The van der Waals surface area contributed by atoms with Crippen LogP contribution < -0.4 is 0 Å². The number of hydrogen-bond acceptors (Lipinski definition) is 0. The van der Waals surface area contributed by atoms with Crippen LogP contribution in [0, 0.1) is 13.0 Å². The van der Waals surface area contributed by atoms with E-state index < -0.39 is 0 Å². The van der Waals surface area contributed by atoms with Gasteiger partial charge in [0.25, 0.3) is 0 Å². The molecule has 0 spiro atoms. The van der Waals surface area contributed by atoms with Gasteiger partial charge in [0.15, 0.2) is 0 Å². The Balaban J connectivity index is 0.000000360. The maximum atomic E-state index is 2.94. The summed E-state index contributed by atoms with van der Waals surface area (Å²) in [5.74, 6) is 0. The number of H-pyrrole nitrogens is 1. The Labute approximate surface area is 68.4 Å². The van der Waals surface area contributed by atoms with Gasteiger partial charge in [0.1, 0.15) is 0 Å². The molecule has 1 nitrogen and oxygen atoms in total. The average molecular weight is 169 g/mol. The smallest absolute Gasteiger partial charge is 0 e.